The maximum absolute atomic E-state index is 11.6. The van der Waals surface area contributed by atoms with Crippen molar-refractivity contribution in [3.8, 4) is 11.5 Å². The highest BCUT2D eigenvalue weighted by Crippen LogP contribution is 2.30. The number of aromatic nitrogens is 2. The zero-order valence-electron chi connectivity index (χ0n) is 16.4. The highest BCUT2D eigenvalue weighted by atomic mass is 16.5. The van der Waals surface area contributed by atoms with Crippen LogP contribution in [0.1, 0.15) is 36.6 Å². The molecule has 2 aliphatic rings. The Hall–Kier alpha value is -2.94. The smallest absolute Gasteiger partial charge is 0.409 e. The maximum Gasteiger partial charge on any atom is 0.409 e. The third-order valence-corrected chi connectivity index (χ3v) is 5.48. The first-order valence-corrected chi connectivity index (χ1v) is 9.83. The molecule has 2 fully saturated rings. The Balaban J connectivity index is 1.47. The van der Waals surface area contributed by atoms with Crippen molar-refractivity contribution < 1.29 is 18.8 Å². The van der Waals surface area contributed by atoms with Gasteiger partial charge in [-0.2, -0.15) is 4.98 Å². The predicted octanol–water partition coefficient (Wildman–Crippen LogP) is 2.88. The van der Waals surface area contributed by atoms with Gasteiger partial charge >= 0.3 is 6.09 Å². The van der Waals surface area contributed by atoms with Crippen molar-refractivity contribution in [1.82, 2.24) is 15.0 Å². The molecule has 0 saturated carbocycles. The summed E-state index contributed by atoms with van der Waals surface area (Å²) in [5.74, 6) is 1.28. The summed E-state index contributed by atoms with van der Waals surface area (Å²) in [5.41, 5.74) is 2.47. The Kier molecular flexibility index (Phi) is 5.75. The first kappa shape index (κ1) is 19.4. The number of likely N-dealkylation sites (tertiary alicyclic amines) is 1. The second kappa shape index (κ2) is 8.60. The second-order valence-corrected chi connectivity index (χ2v) is 7.34. The van der Waals surface area contributed by atoms with E-state index in [-0.39, 0.29) is 18.1 Å². The van der Waals surface area contributed by atoms with Crippen molar-refractivity contribution in [1.29, 1.82) is 5.41 Å². The van der Waals surface area contributed by atoms with Gasteiger partial charge in [0, 0.05) is 48.6 Å². The lowest BCUT2D eigenvalue weighted by molar-refractivity contribution is 0.111. The molecule has 0 unspecified atom stereocenters. The van der Waals surface area contributed by atoms with Crippen LogP contribution in [-0.4, -0.2) is 66.8 Å². The van der Waals surface area contributed by atoms with Gasteiger partial charge < -0.3 is 29.6 Å². The SMILES string of the molecule is COC(=O)N1CCC(c2noc(-c3ccc(C=N)c(N[C@@H]4CCOC4)c3)n2)CC1. The van der Waals surface area contributed by atoms with E-state index in [4.69, 9.17) is 19.4 Å². The van der Waals surface area contributed by atoms with Crippen LogP contribution in [0.2, 0.25) is 0 Å². The number of methoxy groups -OCH3 is 1. The summed E-state index contributed by atoms with van der Waals surface area (Å²) >= 11 is 0. The van der Waals surface area contributed by atoms with Crippen molar-refractivity contribution in [3.05, 3.63) is 29.6 Å². The molecule has 0 spiro atoms. The second-order valence-electron chi connectivity index (χ2n) is 7.34. The fraction of sp³-hybridized carbons (Fsp3) is 0.500. The Labute approximate surface area is 168 Å². The molecule has 2 aliphatic heterocycles. The van der Waals surface area contributed by atoms with Gasteiger partial charge in [0.2, 0.25) is 0 Å². The number of piperidine rings is 1. The number of hydrogen-bond acceptors (Lipinski definition) is 8. The van der Waals surface area contributed by atoms with E-state index in [1.54, 1.807) is 4.90 Å². The average Bonchev–Trinajstić information content (AvgIpc) is 3.45. The van der Waals surface area contributed by atoms with Crippen LogP contribution < -0.4 is 5.32 Å². The molecule has 1 aromatic carbocycles. The van der Waals surface area contributed by atoms with Crippen molar-refractivity contribution in [3.63, 3.8) is 0 Å². The molecule has 1 amide bonds. The zero-order valence-corrected chi connectivity index (χ0v) is 16.4. The monoisotopic (exact) mass is 399 g/mol. The molecule has 2 N–H and O–H groups in total. The lowest BCUT2D eigenvalue weighted by Gasteiger charge is -2.29. The minimum absolute atomic E-state index is 0.155. The highest BCUT2D eigenvalue weighted by Gasteiger charge is 2.27. The van der Waals surface area contributed by atoms with Crippen molar-refractivity contribution >= 4 is 18.0 Å². The van der Waals surface area contributed by atoms with E-state index in [1.807, 2.05) is 18.2 Å². The average molecular weight is 399 g/mol. The van der Waals surface area contributed by atoms with Crippen LogP contribution in [0.15, 0.2) is 22.7 Å². The number of carbonyl (C=O) groups is 1. The predicted molar refractivity (Wildman–Crippen MR) is 106 cm³/mol. The Bertz CT molecular complexity index is 870. The van der Waals surface area contributed by atoms with E-state index in [2.05, 4.69) is 15.5 Å². The van der Waals surface area contributed by atoms with Crippen molar-refractivity contribution in [2.24, 2.45) is 0 Å². The van der Waals surface area contributed by atoms with Crippen LogP contribution in [-0.2, 0) is 9.47 Å². The summed E-state index contributed by atoms with van der Waals surface area (Å²) in [5, 5.41) is 15.3. The number of nitrogens with one attached hydrogen (secondary N) is 2. The zero-order chi connectivity index (χ0) is 20.2. The topological polar surface area (TPSA) is 114 Å². The van der Waals surface area contributed by atoms with E-state index in [9.17, 15) is 4.79 Å². The molecule has 154 valence electrons. The summed E-state index contributed by atoms with van der Waals surface area (Å²) in [4.78, 5) is 17.9. The summed E-state index contributed by atoms with van der Waals surface area (Å²) in [6, 6.07) is 5.94. The van der Waals surface area contributed by atoms with E-state index in [0.29, 0.717) is 31.4 Å². The molecule has 29 heavy (non-hydrogen) atoms. The van der Waals surface area contributed by atoms with Gasteiger partial charge in [-0.15, -0.1) is 0 Å². The van der Waals surface area contributed by atoms with Crippen LogP contribution in [0.25, 0.3) is 11.5 Å². The largest absolute Gasteiger partial charge is 0.453 e. The number of rotatable bonds is 5. The van der Waals surface area contributed by atoms with Crippen LogP contribution in [0.3, 0.4) is 0 Å². The molecule has 2 aromatic rings. The molecule has 3 heterocycles. The lowest BCUT2D eigenvalue weighted by Crippen LogP contribution is -2.37. The first-order chi connectivity index (χ1) is 14.2. The van der Waals surface area contributed by atoms with E-state index in [0.717, 1.165) is 42.7 Å². The molecule has 0 bridgehead atoms. The van der Waals surface area contributed by atoms with Crippen molar-refractivity contribution in [2.45, 2.75) is 31.2 Å². The fourth-order valence-corrected chi connectivity index (χ4v) is 3.78. The Morgan fingerprint density at radius 1 is 1.34 bits per heavy atom. The molecule has 1 atom stereocenters. The number of hydrogen-bond donors (Lipinski definition) is 2. The van der Waals surface area contributed by atoms with Gasteiger partial charge in [-0.3, -0.25) is 0 Å². The van der Waals surface area contributed by atoms with E-state index >= 15 is 0 Å². The van der Waals surface area contributed by atoms with Gasteiger partial charge in [0.1, 0.15) is 0 Å². The molecular weight excluding hydrogens is 374 g/mol. The number of nitrogens with zero attached hydrogens (tertiary/aromatic N) is 3. The van der Waals surface area contributed by atoms with Gasteiger partial charge in [-0.1, -0.05) is 11.2 Å². The molecule has 1 aromatic heterocycles. The standard InChI is InChI=1S/C20H25N5O4/c1-27-20(26)25-7-4-13(5-8-25)18-23-19(29-24-18)14-2-3-15(11-21)17(10-14)22-16-6-9-28-12-16/h2-3,10-11,13,16,21-22H,4-9,12H2,1H3/t16-/m1/s1. The Morgan fingerprint density at radius 3 is 2.86 bits per heavy atom. The summed E-state index contributed by atoms with van der Waals surface area (Å²) in [6.45, 7) is 2.65. The highest BCUT2D eigenvalue weighted by molar-refractivity contribution is 5.87. The van der Waals surface area contributed by atoms with Gasteiger partial charge in [0.25, 0.3) is 5.89 Å². The summed E-state index contributed by atoms with van der Waals surface area (Å²) in [6.07, 6.45) is 3.52. The van der Waals surface area contributed by atoms with Crippen molar-refractivity contribution in [2.75, 3.05) is 38.7 Å². The lowest BCUT2D eigenvalue weighted by atomic mass is 9.96. The third kappa shape index (κ3) is 4.24. The van der Waals surface area contributed by atoms with E-state index in [1.165, 1.54) is 13.3 Å². The van der Waals surface area contributed by atoms with Gasteiger partial charge in [0.15, 0.2) is 5.82 Å². The molecule has 9 nitrogen and oxygen atoms in total. The fourth-order valence-electron chi connectivity index (χ4n) is 3.78. The maximum atomic E-state index is 11.6. The number of benzene rings is 1. The normalized spacial score (nSPS) is 19.9. The molecule has 9 heteroatoms. The summed E-state index contributed by atoms with van der Waals surface area (Å²) in [7, 11) is 1.40. The van der Waals surface area contributed by atoms with Gasteiger partial charge in [-0.25, -0.2) is 4.79 Å². The summed E-state index contributed by atoms with van der Waals surface area (Å²) < 4.78 is 15.7. The molecule has 0 aliphatic carbocycles. The minimum Gasteiger partial charge on any atom is -0.453 e. The number of carbonyl (C=O) groups excluding carboxylic acids is 1. The van der Waals surface area contributed by atoms with Gasteiger partial charge in [-0.05, 0) is 31.4 Å². The number of amides is 1. The quantitative estimate of drug-likeness (QED) is 0.743. The Morgan fingerprint density at radius 2 is 2.17 bits per heavy atom. The number of ether oxygens (including phenoxy) is 2. The van der Waals surface area contributed by atoms with Crippen LogP contribution >= 0.6 is 0 Å². The molecule has 2 saturated heterocycles. The van der Waals surface area contributed by atoms with Crippen LogP contribution in [0.4, 0.5) is 10.5 Å². The molecule has 0 radical (unpaired) electrons. The van der Waals surface area contributed by atoms with Crippen LogP contribution in [0, 0.1) is 5.41 Å². The number of anilines is 1. The minimum atomic E-state index is -0.295. The van der Waals surface area contributed by atoms with Gasteiger partial charge in [0.05, 0.1) is 19.8 Å². The van der Waals surface area contributed by atoms with E-state index < -0.39 is 0 Å². The third-order valence-electron chi connectivity index (χ3n) is 5.48. The molecule has 4 rings (SSSR count). The molecular formula is C20H25N5O4. The van der Waals surface area contributed by atoms with Crippen LogP contribution in [0.5, 0.6) is 0 Å². The first-order valence-electron chi connectivity index (χ1n) is 9.83.